The third kappa shape index (κ3) is 2.75. The van der Waals surface area contributed by atoms with Crippen molar-refractivity contribution in [1.29, 1.82) is 0 Å². The van der Waals surface area contributed by atoms with Crippen molar-refractivity contribution in [1.82, 2.24) is 10.2 Å². The predicted octanol–water partition coefficient (Wildman–Crippen LogP) is 5.23. The maximum atomic E-state index is 13.2. The molecule has 0 fully saturated rings. The van der Waals surface area contributed by atoms with Crippen molar-refractivity contribution >= 4 is 22.6 Å². The highest BCUT2D eigenvalue weighted by Crippen LogP contribution is 2.52. The molecule has 2 N–H and O–H groups in total. The molecule has 0 saturated heterocycles. The summed E-state index contributed by atoms with van der Waals surface area (Å²) in [6, 6.07) is 12.8. The summed E-state index contributed by atoms with van der Waals surface area (Å²) in [5, 5.41) is 23.5. The van der Waals surface area contributed by atoms with Gasteiger partial charge in [-0.1, -0.05) is 18.2 Å². The maximum absolute atomic E-state index is 13.2. The molecule has 0 unspecified atom stereocenters. The third-order valence-electron chi connectivity index (χ3n) is 4.08. The van der Waals surface area contributed by atoms with Crippen LogP contribution < -0.4 is 0 Å². The van der Waals surface area contributed by atoms with Crippen molar-refractivity contribution in [3.63, 3.8) is 0 Å². The molecule has 0 atom stereocenters. The Morgan fingerprint density at radius 2 is 1.81 bits per heavy atom. The predicted molar refractivity (Wildman–Crippen MR) is 96.4 cm³/mol. The van der Waals surface area contributed by atoms with E-state index in [9.17, 15) is 18.3 Å². The van der Waals surface area contributed by atoms with Gasteiger partial charge in [-0.25, -0.2) is 0 Å². The average Bonchev–Trinajstić information content (AvgIpc) is 3.28. The van der Waals surface area contributed by atoms with Crippen LogP contribution in [0.15, 0.2) is 58.8 Å². The molecule has 0 saturated carbocycles. The number of nitrogens with one attached hydrogen (secondary N) is 1. The third-order valence-corrected chi connectivity index (χ3v) is 4.76. The van der Waals surface area contributed by atoms with Gasteiger partial charge in [0.15, 0.2) is 0 Å². The number of hydrogen-bond donors (Lipinski definition) is 2. The van der Waals surface area contributed by atoms with E-state index >= 15 is 0 Å². The van der Waals surface area contributed by atoms with Crippen LogP contribution in [0.3, 0.4) is 0 Å². The lowest BCUT2D eigenvalue weighted by molar-refractivity contribution is -0.166. The molecule has 2 heterocycles. The molecule has 26 heavy (non-hydrogen) atoms. The first-order valence-electron chi connectivity index (χ1n) is 7.46. The Labute approximate surface area is 159 Å². The Kier molecular flexibility index (Phi) is 3.79. The molecule has 0 amide bonds. The number of H-pyrrole nitrogens is 1. The zero-order valence-corrected chi connectivity index (χ0v) is 15.1. The van der Waals surface area contributed by atoms with Gasteiger partial charge < -0.3 is 5.11 Å². The first-order chi connectivity index (χ1) is 12.3. The van der Waals surface area contributed by atoms with E-state index < -0.39 is 11.8 Å². The van der Waals surface area contributed by atoms with Crippen molar-refractivity contribution in [2.75, 3.05) is 0 Å². The molecule has 5 nitrogen and oxygen atoms in total. The van der Waals surface area contributed by atoms with Crippen LogP contribution in [0.2, 0.25) is 0 Å². The minimum Gasteiger partial charge on any atom is -0.507 e. The number of nitrogens with zero attached hydrogens (tertiary/aromatic N) is 3. The zero-order chi connectivity index (χ0) is 18.5. The van der Waals surface area contributed by atoms with Crippen molar-refractivity contribution in [2.45, 2.75) is 11.8 Å². The van der Waals surface area contributed by atoms with Crippen LogP contribution in [-0.4, -0.2) is 21.5 Å². The van der Waals surface area contributed by atoms with E-state index in [-0.39, 0.29) is 11.3 Å². The molecule has 1 aliphatic heterocycles. The number of aromatic nitrogens is 2. The van der Waals surface area contributed by atoms with Crippen molar-refractivity contribution in [3.05, 3.63) is 57.7 Å². The molecular weight excluding hydrogens is 460 g/mol. The molecule has 0 spiro atoms. The van der Waals surface area contributed by atoms with Crippen LogP contribution in [0.5, 0.6) is 5.75 Å². The van der Waals surface area contributed by atoms with Gasteiger partial charge in [0, 0.05) is 14.7 Å². The fourth-order valence-electron chi connectivity index (χ4n) is 2.68. The highest BCUT2D eigenvalue weighted by Gasteiger charge is 2.65. The fraction of sp³-hybridized carbons (Fsp3) is 0.118. The van der Waals surface area contributed by atoms with E-state index in [1.165, 1.54) is 18.2 Å². The number of benzene rings is 2. The number of phenolic OH excluding ortho intramolecular Hbond substituents is 1. The van der Waals surface area contributed by atoms with Gasteiger partial charge in [0.25, 0.3) is 0 Å². The summed E-state index contributed by atoms with van der Waals surface area (Å²) in [6.07, 6.45) is -4.57. The molecule has 0 radical (unpaired) electrons. The standard InChI is InChI=1S/C17H10F3IN4O/c18-17(19,20)16(24-25-16)10-3-1-2-9(6-10)13-8-14(23-22-13)12-5-4-11(21)7-15(12)26/h1-8,26H,(H,22,23). The number of phenols is 1. The Morgan fingerprint density at radius 1 is 1.04 bits per heavy atom. The second kappa shape index (κ2) is 5.79. The summed E-state index contributed by atoms with van der Waals surface area (Å²) in [5.74, 6) is 0.0790. The summed E-state index contributed by atoms with van der Waals surface area (Å²) >= 11 is 2.08. The Balaban J connectivity index is 1.70. The van der Waals surface area contributed by atoms with Gasteiger partial charge in [-0.2, -0.15) is 18.3 Å². The second-order valence-corrected chi connectivity index (χ2v) is 7.02. The summed E-state index contributed by atoms with van der Waals surface area (Å²) in [5.41, 5.74) is -0.436. The lowest BCUT2D eigenvalue weighted by Gasteiger charge is -2.15. The van der Waals surface area contributed by atoms with Gasteiger partial charge in [0.05, 0.1) is 11.4 Å². The topological polar surface area (TPSA) is 73.6 Å². The number of aromatic amines is 1. The number of halogens is 4. The van der Waals surface area contributed by atoms with E-state index in [4.69, 9.17) is 0 Å². The zero-order valence-electron chi connectivity index (χ0n) is 12.9. The second-order valence-electron chi connectivity index (χ2n) is 5.78. The van der Waals surface area contributed by atoms with Crippen LogP contribution in [0, 0.1) is 3.57 Å². The first-order valence-corrected chi connectivity index (χ1v) is 8.54. The fourth-order valence-corrected chi connectivity index (χ4v) is 3.15. The van der Waals surface area contributed by atoms with Gasteiger partial charge in [-0.15, -0.1) is 10.2 Å². The number of rotatable bonds is 3. The summed E-state index contributed by atoms with van der Waals surface area (Å²) in [6.45, 7) is 0. The normalized spacial score (nSPS) is 15.2. The Morgan fingerprint density at radius 3 is 2.46 bits per heavy atom. The molecule has 2 aromatic carbocycles. The molecule has 1 aliphatic rings. The lowest BCUT2D eigenvalue weighted by Crippen LogP contribution is -2.30. The van der Waals surface area contributed by atoms with E-state index in [0.29, 0.717) is 22.5 Å². The van der Waals surface area contributed by atoms with Crippen LogP contribution in [0.25, 0.3) is 22.5 Å². The Bertz CT molecular complexity index is 1020. The quantitative estimate of drug-likeness (QED) is 0.515. The SMILES string of the molecule is Oc1cc(I)ccc1-c1cc(-c2cccc(C3(C(F)(F)F)N=N3)c2)[nH]n1. The first kappa shape index (κ1) is 17.0. The minimum atomic E-state index is -4.57. The van der Waals surface area contributed by atoms with Gasteiger partial charge in [0.2, 0.25) is 0 Å². The average molecular weight is 470 g/mol. The van der Waals surface area contributed by atoms with Crippen LogP contribution in [-0.2, 0) is 5.66 Å². The summed E-state index contributed by atoms with van der Waals surface area (Å²) in [7, 11) is 0. The van der Waals surface area contributed by atoms with Gasteiger partial charge >= 0.3 is 11.8 Å². The van der Waals surface area contributed by atoms with Gasteiger partial charge in [-0.3, -0.25) is 5.10 Å². The molecule has 0 bridgehead atoms. The molecule has 9 heteroatoms. The molecular formula is C17H10F3IN4O. The molecule has 1 aromatic heterocycles. The van der Waals surface area contributed by atoms with E-state index in [1.54, 1.807) is 24.3 Å². The van der Waals surface area contributed by atoms with Crippen molar-refractivity contribution in [2.24, 2.45) is 10.2 Å². The minimum absolute atomic E-state index is 0.0456. The smallest absolute Gasteiger partial charge is 0.442 e. The molecule has 4 rings (SSSR count). The molecule has 132 valence electrons. The number of hydrogen-bond acceptors (Lipinski definition) is 4. The highest BCUT2D eigenvalue weighted by molar-refractivity contribution is 14.1. The van der Waals surface area contributed by atoms with Gasteiger partial charge in [-0.05, 0) is 58.5 Å². The van der Waals surface area contributed by atoms with Gasteiger partial charge in [0.1, 0.15) is 5.75 Å². The van der Waals surface area contributed by atoms with E-state index in [0.717, 1.165) is 3.57 Å². The molecule has 0 aliphatic carbocycles. The lowest BCUT2D eigenvalue weighted by atomic mass is 9.99. The highest BCUT2D eigenvalue weighted by atomic mass is 127. The van der Waals surface area contributed by atoms with Crippen LogP contribution in [0.1, 0.15) is 5.56 Å². The van der Waals surface area contributed by atoms with Crippen molar-refractivity contribution in [3.8, 4) is 28.3 Å². The van der Waals surface area contributed by atoms with E-state index in [1.807, 2.05) is 6.07 Å². The monoisotopic (exact) mass is 470 g/mol. The molecule has 3 aromatic rings. The summed E-state index contributed by atoms with van der Waals surface area (Å²) in [4.78, 5) is 0. The number of aromatic hydroxyl groups is 1. The van der Waals surface area contributed by atoms with E-state index in [2.05, 4.69) is 43.0 Å². The largest absolute Gasteiger partial charge is 0.507 e. The number of alkyl halides is 3. The van der Waals surface area contributed by atoms with Crippen molar-refractivity contribution < 1.29 is 18.3 Å². The Hall–Kier alpha value is -2.43. The summed E-state index contributed by atoms with van der Waals surface area (Å²) < 4.78 is 40.4. The van der Waals surface area contributed by atoms with Crippen LogP contribution in [0.4, 0.5) is 13.2 Å². The maximum Gasteiger partial charge on any atom is 0.442 e. The van der Waals surface area contributed by atoms with Crippen LogP contribution >= 0.6 is 22.6 Å².